The quantitative estimate of drug-likeness (QED) is 0.481. The molecule has 8 nitrogen and oxygen atoms in total. The fourth-order valence-electron chi connectivity index (χ4n) is 3.02. The second-order valence-corrected chi connectivity index (χ2v) is 6.72. The van der Waals surface area contributed by atoms with Gasteiger partial charge in [-0.1, -0.05) is 12.1 Å². The third-order valence-corrected chi connectivity index (χ3v) is 4.53. The highest BCUT2D eigenvalue weighted by molar-refractivity contribution is 5.97. The van der Waals surface area contributed by atoms with Gasteiger partial charge in [-0.05, 0) is 36.8 Å². The van der Waals surface area contributed by atoms with E-state index in [0.717, 1.165) is 36.8 Å². The first kappa shape index (κ1) is 20.4. The number of benzene rings is 1. The predicted octanol–water partition coefficient (Wildman–Crippen LogP) is 1.15. The van der Waals surface area contributed by atoms with Gasteiger partial charge in [0.05, 0.1) is 19.4 Å². The summed E-state index contributed by atoms with van der Waals surface area (Å²) in [5.74, 6) is 1.42. The SMILES string of the molecule is CCNC(=NCc1ccc(C(=O)N2CCNC(=O)C2)cc1)NCCc1ccco1. The van der Waals surface area contributed by atoms with Crippen LogP contribution in [0.4, 0.5) is 0 Å². The van der Waals surface area contributed by atoms with Crippen LogP contribution < -0.4 is 16.0 Å². The van der Waals surface area contributed by atoms with Crippen molar-refractivity contribution in [1.29, 1.82) is 0 Å². The van der Waals surface area contributed by atoms with Crippen LogP contribution in [0.3, 0.4) is 0 Å². The van der Waals surface area contributed by atoms with Gasteiger partial charge in [-0.3, -0.25) is 9.59 Å². The maximum atomic E-state index is 12.5. The van der Waals surface area contributed by atoms with E-state index < -0.39 is 0 Å². The van der Waals surface area contributed by atoms with Gasteiger partial charge >= 0.3 is 0 Å². The Bertz CT molecular complexity index is 831. The van der Waals surface area contributed by atoms with Crippen molar-refractivity contribution >= 4 is 17.8 Å². The average molecular weight is 397 g/mol. The van der Waals surface area contributed by atoms with Crippen LogP contribution in [0.1, 0.15) is 28.6 Å². The summed E-state index contributed by atoms with van der Waals surface area (Å²) in [5.41, 5.74) is 1.58. The number of amides is 2. The largest absolute Gasteiger partial charge is 0.469 e. The van der Waals surface area contributed by atoms with Crippen LogP contribution in [0.5, 0.6) is 0 Å². The van der Waals surface area contributed by atoms with E-state index >= 15 is 0 Å². The van der Waals surface area contributed by atoms with E-state index in [9.17, 15) is 9.59 Å². The summed E-state index contributed by atoms with van der Waals surface area (Å²) in [4.78, 5) is 30.1. The number of hydrogen-bond acceptors (Lipinski definition) is 4. The Balaban J connectivity index is 1.53. The Labute approximate surface area is 170 Å². The molecular weight excluding hydrogens is 370 g/mol. The van der Waals surface area contributed by atoms with Crippen molar-refractivity contribution in [3.8, 4) is 0 Å². The molecule has 0 spiro atoms. The van der Waals surface area contributed by atoms with Crippen molar-refractivity contribution in [1.82, 2.24) is 20.9 Å². The molecule has 154 valence electrons. The van der Waals surface area contributed by atoms with E-state index in [2.05, 4.69) is 20.9 Å². The molecule has 1 saturated heterocycles. The maximum Gasteiger partial charge on any atom is 0.254 e. The highest BCUT2D eigenvalue weighted by Crippen LogP contribution is 2.10. The molecule has 2 aromatic rings. The van der Waals surface area contributed by atoms with Gasteiger partial charge < -0.3 is 25.3 Å². The fraction of sp³-hybridized carbons (Fsp3) is 0.381. The number of carbonyl (C=O) groups is 2. The standard InChI is InChI=1S/C21H27N5O3/c1-2-22-21(24-10-9-18-4-3-13-29-18)25-14-16-5-7-17(8-6-16)20(28)26-12-11-23-19(27)15-26/h3-8,13H,2,9-12,14-15H2,1H3,(H,23,27)(H2,22,24,25). The number of carbonyl (C=O) groups excluding carboxylic acids is 2. The first-order valence-electron chi connectivity index (χ1n) is 9.85. The monoisotopic (exact) mass is 397 g/mol. The fourth-order valence-corrected chi connectivity index (χ4v) is 3.02. The van der Waals surface area contributed by atoms with Gasteiger partial charge in [-0.15, -0.1) is 0 Å². The molecule has 1 aliphatic rings. The molecule has 8 heteroatoms. The Morgan fingerprint density at radius 3 is 2.76 bits per heavy atom. The lowest BCUT2D eigenvalue weighted by molar-refractivity contribution is -0.123. The lowest BCUT2D eigenvalue weighted by atomic mass is 10.1. The molecule has 2 heterocycles. The van der Waals surface area contributed by atoms with Gasteiger partial charge in [0, 0.05) is 38.2 Å². The Morgan fingerprint density at radius 1 is 1.24 bits per heavy atom. The van der Waals surface area contributed by atoms with Crippen molar-refractivity contribution in [3.63, 3.8) is 0 Å². The number of nitrogens with zero attached hydrogens (tertiary/aromatic N) is 2. The zero-order valence-corrected chi connectivity index (χ0v) is 16.6. The van der Waals surface area contributed by atoms with Crippen LogP contribution >= 0.6 is 0 Å². The lowest BCUT2D eigenvalue weighted by Crippen LogP contribution is -2.49. The van der Waals surface area contributed by atoms with Crippen molar-refractivity contribution in [3.05, 3.63) is 59.5 Å². The zero-order chi connectivity index (χ0) is 20.5. The zero-order valence-electron chi connectivity index (χ0n) is 16.6. The molecule has 1 aromatic heterocycles. The minimum absolute atomic E-state index is 0.112. The van der Waals surface area contributed by atoms with Crippen molar-refractivity contribution in [2.24, 2.45) is 4.99 Å². The van der Waals surface area contributed by atoms with E-state index in [1.807, 2.05) is 31.2 Å². The van der Waals surface area contributed by atoms with E-state index in [4.69, 9.17) is 4.42 Å². The summed E-state index contributed by atoms with van der Waals surface area (Å²) in [6, 6.07) is 11.2. The molecule has 29 heavy (non-hydrogen) atoms. The first-order valence-corrected chi connectivity index (χ1v) is 9.85. The van der Waals surface area contributed by atoms with E-state index in [0.29, 0.717) is 25.2 Å². The van der Waals surface area contributed by atoms with Crippen molar-refractivity contribution < 1.29 is 14.0 Å². The van der Waals surface area contributed by atoms with E-state index in [-0.39, 0.29) is 18.4 Å². The number of piperazine rings is 1. The topological polar surface area (TPSA) is 99.0 Å². The molecule has 0 unspecified atom stereocenters. The Kier molecular flexibility index (Phi) is 7.27. The number of aliphatic imine (C=N–C) groups is 1. The number of rotatable bonds is 7. The normalized spacial score (nSPS) is 14.4. The van der Waals surface area contributed by atoms with Gasteiger partial charge in [-0.2, -0.15) is 0 Å². The van der Waals surface area contributed by atoms with E-state index in [1.54, 1.807) is 23.3 Å². The molecule has 3 N–H and O–H groups in total. The minimum atomic E-state index is -0.122. The number of hydrogen-bond donors (Lipinski definition) is 3. The summed E-state index contributed by atoms with van der Waals surface area (Å²) in [6.07, 6.45) is 2.45. The van der Waals surface area contributed by atoms with Gasteiger partial charge in [0.1, 0.15) is 5.76 Å². The highest BCUT2D eigenvalue weighted by atomic mass is 16.3. The molecule has 0 radical (unpaired) electrons. The summed E-state index contributed by atoms with van der Waals surface area (Å²) < 4.78 is 5.33. The smallest absolute Gasteiger partial charge is 0.254 e. The van der Waals surface area contributed by atoms with Gasteiger partial charge in [0.15, 0.2) is 5.96 Å². The van der Waals surface area contributed by atoms with E-state index in [1.165, 1.54) is 0 Å². The summed E-state index contributed by atoms with van der Waals surface area (Å²) in [7, 11) is 0. The van der Waals surface area contributed by atoms with Crippen molar-refractivity contribution in [2.75, 3.05) is 32.7 Å². The summed E-state index contributed by atoms with van der Waals surface area (Å²) in [6.45, 7) is 5.14. The molecule has 0 atom stereocenters. The van der Waals surface area contributed by atoms with Crippen LogP contribution in [0.15, 0.2) is 52.1 Å². The van der Waals surface area contributed by atoms with Gasteiger partial charge in [0.2, 0.25) is 5.91 Å². The molecule has 0 saturated carbocycles. The molecule has 1 aromatic carbocycles. The van der Waals surface area contributed by atoms with Crippen LogP contribution in [0, 0.1) is 0 Å². The molecule has 0 aliphatic carbocycles. The molecule has 0 bridgehead atoms. The third kappa shape index (κ3) is 6.10. The number of furan rings is 1. The van der Waals surface area contributed by atoms with Gasteiger partial charge in [0.25, 0.3) is 5.91 Å². The molecule has 2 amide bonds. The summed E-state index contributed by atoms with van der Waals surface area (Å²) in [5, 5.41) is 9.23. The molecule has 3 rings (SSSR count). The number of nitrogens with one attached hydrogen (secondary N) is 3. The molecular formula is C21H27N5O3. The van der Waals surface area contributed by atoms with Crippen LogP contribution in [-0.4, -0.2) is 55.4 Å². The number of guanidine groups is 1. The van der Waals surface area contributed by atoms with Crippen LogP contribution in [0.25, 0.3) is 0 Å². The summed E-state index contributed by atoms with van der Waals surface area (Å²) >= 11 is 0. The maximum absolute atomic E-state index is 12.5. The Morgan fingerprint density at radius 2 is 2.07 bits per heavy atom. The molecule has 1 aliphatic heterocycles. The average Bonchev–Trinajstić information content (AvgIpc) is 3.25. The van der Waals surface area contributed by atoms with Crippen molar-refractivity contribution in [2.45, 2.75) is 19.9 Å². The minimum Gasteiger partial charge on any atom is -0.469 e. The van der Waals surface area contributed by atoms with Crippen LogP contribution in [-0.2, 0) is 17.8 Å². The highest BCUT2D eigenvalue weighted by Gasteiger charge is 2.22. The van der Waals surface area contributed by atoms with Crippen LogP contribution in [0.2, 0.25) is 0 Å². The molecule has 1 fully saturated rings. The lowest BCUT2D eigenvalue weighted by Gasteiger charge is -2.26. The van der Waals surface area contributed by atoms with Gasteiger partial charge in [-0.25, -0.2) is 4.99 Å². The Hall–Kier alpha value is -3.29. The second-order valence-electron chi connectivity index (χ2n) is 6.72. The third-order valence-electron chi connectivity index (χ3n) is 4.53. The predicted molar refractivity (Wildman–Crippen MR) is 111 cm³/mol. The first-order chi connectivity index (χ1) is 14.2. The second kappa shape index (κ2) is 10.3.